The Morgan fingerprint density at radius 1 is 0.357 bits per heavy atom. The minimum Gasteiger partial charge on any atom is -0.456 e. The summed E-state index contributed by atoms with van der Waals surface area (Å²) < 4.78 is 8.99. The first kappa shape index (κ1) is 43.2. The molecule has 12 rings (SSSR count). The van der Waals surface area contributed by atoms with Gasteiger partial charge in [-0.15, -0.1) is 0 Å². The van der Waals surface area contributed by atoms with E-state index in [1.54, 1.807) is 0 Å². The summed E-state index contributed by atoms with van der Waals surface area (Å²) in [6.45, 7) is 18.0. The van der Waals surface area contributed by atoms with Gasteiger partial charge in [0.1, 0.15) is 11.2 Å². The van der Waals surface area contributed by atoms with Gasteiger partial charge in [0, 0.05) is 60.8 Å². The number of aromatic nitrogens is 1. The van der Waals surface area contributed by atoms with Crippen molar-refractivity contribution in [2.45, 2.75) is 66.2 Å². The van der Waals surface area contributed by atoms with Gasteiger partial charge in [-0.3, -0.25) is 0 Å². The quantitative estimate of drug-likeness (QED) is 0.159. The number of anilines is 6. The average molecular weight is 908 g/mol. The normalized spacial score (nSPS) is 12.3. The number of nitrogens with zero attached hydrogens (tertiary/aromatic N) is 3. The molecule has 12 aromatic rings. The predicted molar refractivity (Wildman–Crippen MR) is 299 cm³/mol. The Hall–Kier alpha value is -8.08. The fraction of sp³-hybridized carbons (Fsp3) is 0.152. The number of hydrogen-bond acceptors (Lipinski definition) is 3. The van der Waals surface area contributed by atoms with Crippen LogP contribution in [-0.2, 0) is 10.8 Å². The molecule has 0 fully saturated rings. The summed E-state index contributed by atoms with van der Waals surface area (Å²) in [5.41, 5.74) is 16.8. The first-order valence-corrected chi connectivity index (χ1v) is 24.6. The molecular weight excluding hydrogens is 851 g/mol. The summed E-state index contributed by atoms with van der Waals surface area (Å²) in [5.74, 6) is 0. The summed E-state index contributed by atoms with van der Waals surface area (Å²) in [6, 6.07) is 74.2. The van der Waals surface area contributed by atoms with Gasteiger partial charge in [0.25, 0.3) is 0 Å². The average Bonchev–Trinajstić information content (AvgIpc) is 3.89. The lowest BCUT2D eigenvalue weighted by Crippen LogP contribution is -2.13. The highest BCUT2D eigenvalue weighted by Crippen LogP contribution is 2.50. The number of hydrogen-bond donors (Lipinski definition) is 0. The van der Waals surface area contributed by atoms with Crippen molar-refractivity contribution in [3.05, 3.63) is 222 Å². The van der Waals surface area contributed by atoms with Crippen molar-refractivity contribution < 1.29 is 4.42 Å². The molecule has 0 spiro atoms. The Balaban J connectivity index is 1.24. The van der Waals surface area contributed by atoms with Gasteiger partial charge in [-0.25, -0.2) is 0 Å². The molecule has 0 atom stereocenters. The lowest BCUT2D eigenvalue weighted by atomic mass is 9.87. The van der Waals surface area contributed by atoms with Crippen molar-refractivity contribution >= 4 is 99.4 Å². The molecule has 0 amide bonds. The molecule has 0 aliphatic heterocycles. The second-order valence-electron chi connectivity index (χ2n) is 21.2. The minimum absolute atomic E-state index is 0.0209. The molecule has 0 N–H and O–H groups in total. The van der Waals surface area contributed by atoms with E-state index in [0.717, 1.165) is 72.8 Å². The first-order valence-electron chi connectivity index (χ1n) is 24.6. The van der Waals surface area contributed by atoms with E-state index in [4.69, 9.17) is 4.42 Å². The molecule has 0 aliphatic rings. The molecule has 342 valence electrons. The molecule has 0 aliphatic carbocycles. The predicted octanol–water partition coefficient (Wildman–Crippen LogP) is 19.1. The van der Waals surface area contributed by atoms with Gasteiger partial charge < -0.3 is 18.8 Å². The zero-order chi connectivity index (χ0) is 48.1. The lowest BCUT2D eigenvalue weighted by Gasteiger charge is -2.29. The van der Waals surface area contributed by atoms with E-state index in [9.17, 15) is 0 Å². The minimum atomic E-state index is 0.0209. The van der Waals surface area contributed by atoms with E-state index >= 15 is 0 Å². The fourth-order valence-electron chi connectivity index (χ4n) is 10.8. The summed E-state index contributed by atoms with van der Waals surface area (Å²) >= 11 is 0. The van der Waals surface area contributed by atoms with Crippen LogP contribution in [0.2, 0.25) is 0 Å². The van der Waals surface area contributed by atoms with Crippen LogP contribution in [0, 0.1) is 13.8 Å². The largest absolute Gasteiger partial charge is 0.456 e. The molecule has 70 heavy (non-hydrogen) atoms. The second kappa shape index (κ2) is 16.3. The molecule has 0 bridgehead atoms. The van der Waals surface area contributed by atoms with Crippen molar-refractivity contribution in [1.82, 2.24) is 4.57 Å². The van der Waals surface area contributed by atoms with Crippen LogP contribution in [0.5, 0.6) is 0 Å². The van der Waals surface area contributed by atoms with Crippen LogP contribution in [0.4, 0.5) is 34.1 Å². The SMILES string of the molecule is Cc1cccc(N(c2ccc(C(C)(C)C)cc2)c2cc3c(c4ccccc24)c2c4ccccc4c(N(c4ccc(C(C)(C)C)cc4)c4cccc(C)c4)cc2n3-c2ccc3oc4ccccc4c3c2)c1. The molecule has 0 saturated heterocycles. The van der Waals surface area contributed by atoms with Gasteiger partial charge in [-0.1, -0.05) is 157 Å². The number of benzene rings is 10. The van der Waals surface area contributed by atoms with Gasteiger partial charge in [0.05, 0.1) is 22.4 Å². The van der Waals surface area contributed by atoms with E-state index in [-0.39, 0.29) is 10.8 Å². The van der Waals surface area contributed by atoms with Crippen LogP contribution in [-0.4, -0.2) is 4.57 Å². The molecule has 0 radical (unpaired) electrons. The topological polar surface area (TPSA) is 24.6 Å². The fourth-order valence-corrected chi connectivity index (χ4v) is 10.8. The molecule has 2 aromatic heterocycles. The molecule has 2 heterocycles. The van der Waals surface area contributed by atoms with Gasteiger partial charge in [-0.05, 0) is 143 Å². The van der Waals surface area contributed by atoms with Crippen molar-refractivity contribution in [3.8, 4) is 5.69 Å². The molecule has 0 unspecified atom stereocenters. The second-order valence-corrected chi connectivity index (χ2v) is 21.2. The van der Waals surface area contributed by atoms with E-state index in [1.165, 1.54) is 54.6 Å². The highest BCUT2D eigenvalue weighted by Gasteiger charge is 2.27. The Morgan fingerprint density at radius 3 is 1.24 bits per heavy atom. The zero-order valence-corrected chi connectivity index (χ0v) is 41.3. The standard InChI is InChI=1S/C66H57N3O/c1-42-17-15-19-48(37-42)67(46-31-27-44(28-32-46)65(3,4)5)57-40-59-63(54-24-11-9-21-51(54)57)64-55-25-12-10-22-52(55)58(68(49-20-16-18-43(2)38-49)47-33-29-45(30-34-47)66(6,7)8)41-60(64)69(59)50-35-36-62-56(39-50)53-23-13-14-26-61(53)70-62/h9-41H,1-8H3. The summed E-state index contributed by atoms with van der Waals surface area (Å²) in [5, 5.41) is 9.39. The molecule has 0 saturated carbocycles. The van der Waals surface area contributed by atoms with Gasteiger partial charge >= 0.3 is 0 Å². The maximum absolute atomic E-state index is 6.47. The monoisotopic (exact) mass is 907 g/mol. The highest BCUT2D eigenvalue weighted by atomic mass is 16.3. The van der Waals surface area contributed by atoms with Crippen LogP contribution in [0.15, 0.2) is 205 Å². The zero-order valence-electron chi connectivity index (χ0n) is 41.3. The lowest BCUT2D eigenvalue weighted by molar-refractivity contribution is 0.590. The van der Waals surface area contributed by atoms with E-state index < -0.39 is 0 Å². The Morgan fingerprint density at radius 2 is 0.786 bits per heavy atom. The molecule has 4 heteroatoms. The molecule has 10 aromatic carbocycles. The third-order valence-electron chi connectivity index (χ3n) is 14.3. The van der Waals surface area contributed by atoms with Gasteiger partial charge in [-0.2, -0.15) is 0 Å². The third-order valence-corrected chi connectivity index (χ3v) is 14.3. The Labute approximate surface area is 410 Å². The van der Waals surface area contributed by atoms with Crippen molar-refractivity contribution in [2.24, 2.45) is 0 Å². The molecule has 4 nitrogen and oxygen atoms in total. The molecular formula is C66H57N3O. The third kappa shape index (κ3) is 7.20. The number of furan rings is 1. The smallest absolute Gasteiger partial charge is 0.135 e. The maximum atomic E-state index is 6.47. The van der Waals surface area contributed by atoms with Crippen LogP contribution < -0.4 is 9.80 Å². The van der Waals surface area contributed by atoms with Crippen molar-refractivity contribution in [1.29, 1.82) is 0 Å². The van der Waals surface area contributed by atoms with E-state index in [1.807, 2.05) is 6.07 Å². The Bertz CT molecular complexity index is 3780. The number of rotatable bonds is 7. The summed E-state index contributed by atoms with van der Waals surface area (Å²) in [4.78, 5) is 4.92. The van der Waals surface area contributed by atoms with E-state index in [0.29, 0.717) is 0 Å². The van der Waals surface area contributed by atoms with Crippen LogP contribution in [0.1, 0.15) is 63.8 Å². The Kier molecular flexibility index (Phi) is 10.0. The van der Waals surface area contributed by atoms with Crippen LogP contribution in [0.3, 0.4) is 0 Å². The van der Waals surface area contributed by atoms with E-state index in [2.05, 4.69) is 264 Å². The number of aryl methyl sites for hydroxylation is 2. The summed E-state index contributed by atoms with van der Waals surface area (Å²) in [7, 11) is 0. The van der Waals surface area contributed by atoms with Crippen molar-refractivity contribution in [3.63, 3.8) is 0 Å². The van der Waals surface area contributed by atoms with Crippen LogP contribution >= 0.6 is 0 Å². The summed E-state index contributed by atoms with van der Waals surface area (Å²) in [6.07, 6.45) is 0. The first-order chi connectivity index (χ1) is 33.8. The van der Waals surface area contributed by atoms with Crippen LogP contribution in [0.25, 0.3) is 71.0 Å². The number of para-hydroxylation sites is 1. The maximum Gasteiger partial charge on any atom is 0.135 e. The highest BCUT2D eigenvalue weighted by molar-refractivity contribution is 6.32. The van der Waals surface area contributed by atoms with Gasteiger partial charge in [0.15, 0.2) is 0 Å². The van der Waals surface area contributed by atoms with Crippen molar-refractivity contribution in [2.75, 3.05) is 9.80 Å². The van der Waals surface area contributed by atoms with Gasteiger partial charge in [0.2, 0.25) is 0 Å². The number of fused-ring (bicyclic) bond motifs is 10.